The first-order chi connectivity index (χ1) is 11.7. The molecule has 0 N–H and O–H groups in total. The molecule has 0 bridgehead atoms. The van der Waals surface area contributed by atoms with E-state index in [1.807, 2.05) is 13.8 Å². The van der Waals surface area contributed by atoms with Gasteiger partial charge in [0.15, 0.2) is 0 Å². The van der Waals surface area contributed by atoms with Gasteiger partial charge in [-0.2, -0.15) is 0 Å². The molecule has 136 valence electrons. The van der Waals surface area contributed by atoms with E-state index in [0.29, 0.717) is 13.1 Å². The van der Waals surface area contributed by atoms with Crippen LogP contribution in [-0.4, -0.2) is 66.3 Å². The van der Waals surface area contributed by atoms with Crippen molar-refractivity contribution < 1.29 is 24.0 Å². The van der Waals surface area contributed by atoms with Crippen LogP contribution in [0.2, 0.25) is 0 Å². The van der Waals surface area contributed by atoms with E-state index in [0.717, 1.165) is 24.1 Å². The smallest absolute Gasteiger partial charge is 0.338 e. The average molecular weight is 351 g/mol. The summed E-state index contributed by atoms with van der Waals surface area (Å²) in [5.74, 6) is -1.63. The Kier molecular flexibility index (Phi) is 7.04. The molecule has 0 atom stereocenters. The SMILES string of the molecule is CCN(CC)C(=O)CN(C)C(=O)c1cc(C(=O)OC)cc([N+](=O)[O-])c1. The Labute approximate surface area is 145 Å². The molecule has 25 heavy (non-hydrogen) atoms. The van der Waals surface area contributed by atoms with E-state index < -0.39 is 22.5 Å². The fourth-order valence-electron chi connectivity index (χ4n) is 2.25. The van der Waals surface area contributed by atoms with E-state index in [1.165, 1.54) is 13.1 Å². The minimum Gasteiger partial charge on any atom is -0.465 e. The fourth-order valence-corrected chi connectivity index (χ4v) is 2.25. The molecule has 0 spiro atoms. The van der Waals surface area contributed by atoms with Gasteiger partial charge in [0.05, 0.1) is 24.1 Å². The number of benzene rings is 1. The van der Waals surface area contributed by atoms with Crippen molar-refractivity contribution in [3.05, 3.63) is 39.4 Å². The van der Waals surface area contributed by atoms with Crippen molar-refractivity contribution in [3.8, 4) is 0 Å². The molecule has 0 aromatic heterocycles. The summed E-state index contributed by atoms with van der Waals surface area (Å²) < 4.78 is 4.54. The van der Waals surface area contributed by atoms with E-state index in [1.54, 1.807) is 4.90 Å². The molecule has 0 saturated heterocycles. The van der Waals surface area contributed by atoms with E-state index in [-0.39, 0.29) is 23.6 Å². The Bertz CT molecular complexity index is 684. The highest BCUT2D eigenvalue weighted by Crippen LogP contribution is 2.19. The number of nitro benzene ring substituents is 1. The molecule has 1 aromatic carbocycles. The number of likely N-dealkylation sites (N-methyl/N-ethyl adjacent to an activating group) is 2. The number of esters is 1. The van der Waals surface area contributed by atoms with Crippen LogP contribution in [0, 0.1) is 10.1 Å². The average Bonchev–Trinajstić information content (AvgIpc) is 2.60. The number of carbonyl (C=O) groups is 3. The van der Waals surface area contributed by atoms with Crippen molar-refractivity contribution in [1.29, 1.82) is 0 Å². The van der Waals surface area contributed by atoms with Crippen molar-refractivity contribution in [2.75, 3.05) is 33.8 Å². The summed E-state index contributed by atoms with van der Waals surface area (Å²) >= 11 is 0. The van der Waals surface area contributed by atoms with Crippen LogP contribution in [0.1, 0.15) is 34.6 Å². The van der Waals surface area contributed by atoms with Crippen LogP contribution >= 0.6 is 0 Å². The molecule has 1 aromatic rings. The van der Waals surface area contributed by atoms with E-state index in [4.69, 9.17) is 0 Å². The number of carbonyl (C=O) groups excluding carboxylic acids is 3. The van der Waals surface area contributed by atoms with Crippen LogP contribution in [0.4, 0.5) is 5.69 Å². The molecule has 9 nitrogen and oxygen atoms in total. The van der Waals surface area contributed by atoms with Crippen LogP contribution in [-0.2, 0) is 9.53 Å². The molecule has 0 aliphatic heterocycles. The molecule has 0 fully saturated rings. The Hall–Kier alpha value is -2.97. The molecule has 1 rings (SSSR count). The number of amides is 2. The van der Waals surface area contributed by atoms with Gasteiger partial charge in [0.1, 0.15) is 0 Å². The molecule has 0 aliphatic carbocycles. The van der Waals surface area contributed by atoms with Gasteiger partial charge >= 0.3 is 5.97 Å². The van der Waals surface area contributed by atoms with E-state index in [9.17, 15) is 24.5 Å². The summed E-state index contributed by atoms with van der Waals surface area (Å²) in [4.78, 5) is 49.3. The zero-order chi connectivity index (χ0) is 19.1. The first-order valence-electron chi connectivity index (χ1n) is 7.66. The zero-order valence-corrected chi connectivity index (χ0v) is 14.6. The maximum atomic E-state index is 12.5. The van der Waals surface area contributed by atoms with Gasteiger partial charge in [-0.3, -0.25) is 19.7 Å². The molecule has 2 amide bonds. The Balaban J connectivity index is 3.11. The lowest BCUT2D eigenvalue weighted by atomic mass is 10.1. The van der Waals surface area contributed by atoms with Gasteiger partial charge in [-0.25, -0.2) is 4.79 Å². The van der Waals surface area contributed by atoms with Crippen molar-refractivity contribution in [3.63, 3.8) is 0 Å². The van der Waals surface area contributed by atoms with Gasteiger partial charge in [0.2, 0.25) is 5.91 Å². The number of methoxy groups -OCH3 is 1. The third-order valence-corrected chi connectivity index (χ3v) is 3.63. The number of ether oxygens (including phenoxy) is 1. The van der Waals surface area contributed by atoms with E-state index in [2.05, 4.69) is 4.74 Å². The second-order valence-electron chi connectivity index (χ2n) is 5.24. The number of nitro groups is 1. The number of hydrogen-bond acceptors (Lipinski definition) is 6. The zero-order valence-electron chi connectivity index (χ0n) is 14.6. The molecule has 0 saturated carbocycles. The standard InChI is InChI=1S/C16H21N3O6/c1-5-18(6-2)14(20)10-17(3)15(21)11-7-12(16(22)25-4)9-13(8-11)19(23)24/h7-9H,5-6,10H2,1-4H3. The number of rotatable bonds is 7. The number of non-ortho nitro benzene ring substituents is 1. The topological polar surface area (TPSA) is 110 Å². The molecule has 0 aliphatic rings. The fraction of sp³-hybridized carbons (Fsp3) is 0.438. The summed E-state index contributed by atoms with van der Waals surface area (Å²) in [6.07, 6.45) is 0. The Morgan fingerprint density at radius 2 is 1.68 bits per heavy atom. The first-order valence-corrected chi connectivity index (χ1v) is 7.66. The number of nitrogens with zero attached hydrogens (tertiary/aromatic N) is 3. The third-order valence-electron chi connectivity index (χ3n) is 3.63. The van der Waals surface area contributed by atoms with Gasteiger partial charge < -0.3 is 14.5 Å². The van der Waals surface area contributed by atoms with Crippen LogP contribution in [0.5, 0.6) is 0 Å². The predicted molar refractivity (Wildman–Crippen MR) is 89.3 cm³/mol. The van der Waals surface area contributed by atoms with Crippen LogP contribution < -0.4 is 0 Å². The molecule has 0 radical (unpaired) electrons. The van der Waals surface area contributed by atoms with Crippen LogP contribution in [0.25, 0.3) is 0 Å². The number of hydrogen-bond donors (Lipinski definition) is 0. The van der Waals surface area contributed by atoms with Gasteiger partial charge in [-0.15, -0.1) is 0 Å². The maximum absolute atomic E-state index is 12.5. The van der Waals surface area contributed by atoms with Crippen molar-refractivity contribution in [2.45, 2.75) is 13.8 Å². The maximum Gasteiger partial charge on any atom is 0.338 e. The minimum atomic E-state index is -0.792. The highest BCUT2D eigenvalue weighted by atomic mass is 16.6. The monoisotopic (exact) mass is 351 g/mol. The van der Waals surface area contributed by atoms with Gasteiger partial charge in [0.25, 0.3) is 11.6 Å². The summed E-state index contributed by atoms with van der Waals surface area (Å²) in [6, 6.07) is 3.30. The Morgan fingerprint density at radius 3 is 2.16 bits per heavy atom. The quantitative estimate of drug-likeness (QED) is 0.416. The molecule has 9 heteroatoms. The third kappa shape index (κ3) is 5.00. The molecular formula is C16H21N3O6. The summed E-state index contributed by atoms with van der Waals surface area (Å²) in [5, 5.41) is 11.0. The second-order valence-corrected chi connectivity index (χ2v) is 5.24. The highest BCUT2D eigenvalue weighted by molar-refractivity contribution is 6.00. The van der Waals surface area contributed by atoms with Crippen molar-refractivity contribution in [2.24, 2.45) is 0 Å². The second kappa shape index (κ2) is 8.76. The van der Waals surface area contributed by atoms with Gasteiger partial charge in [-0.1, -0.05) is 0 Å². The Morgan fingerprint density at radius 1 is 1.12 bits per heavy atom. The lowest BCUT2D eigenvalue weighted by Crippen LogP contribution is -2.41. The van der Waals surface area contributed by atoms with Gasteiger partial charge in [-0.05, 0) is 19.9 Å². The molecule has 0 unspecified atom stereocenters. The minimum absolute atomic E-state index is 0.0653. The van der Waals surface area contributed by atoms with Crippen molar-refractivity contribution >= 4 is 23.5 Å². The predicted octanol–water partition coefficient (Wildman–Crippen LogP) is 1.32. The summed E-state index contributed by atoms with van der Waals surface area (Å²) in [7, 11) is 2.55. The largest absolute Gasteiger partial charge is 0.465 e. The lowest BCUT2D eigenvalue weighted by Gasteiger charge is -2.23. The van der Waals surface area contributed by atoms with Crippen LogP contribution in [0.15, 0.2) is 18.2 Å². The van der Waals surface area contributed by atoms with Gasteiger partial charge in [0, 0.05) is 37.8 Å². The van der Waals surface area contributed by atoms with Crippen molar-refractivity contribution in [1.82, 2.24) is 9.80 Å². The first kappa shape index (κ1) is 20.1. The highest BCUT2D eigenvalue weighted by Gasteiger charge is 2.22. The normalized spacial score (nSPS) is 10.1. The summed E-state index contributed by atoms with van der Waals surface area (Å²) in [6.45, 7) is 4.51. The van der Waals surface area contributed by atoms with Crippen LogP contribution in [0.3, 0.4) is 0 Å². The summed E-state index contributed by atoms with van der Waals surface area (Å²) in [5.41, 5.74) is -0.581. The molecular weight excluding hydrogens is 330 g/mol. The molecule has 0 heterocycles. The lowest BCUT2D eigenvalue weighted by molar-refractivity contribution is -0.384. The van der Waals surface area contributed by atoms with E-state index >= 15 is 0 Å².